The van der Waals surface area contributed by atoms with E-state index in [2.05, 4.69) is 32.2 Å². The van der Waals surface area contributed by atoms with E-state index in [9.17, 15) is 24.3 Å². The fraction of sp³-hybridized carbons (Fsp3) is 0.516. The average Bonchev–Trinajstić information content (AvgIpc) is 3.35. The molecule has 1 aromatic carbocycles. The fourth-order valence-corrected chi connectivity index (χ4v) is 5.52. The topological polar surface area (TPSA) is 221 Å². The summed E-state index contributed by atoms with van der Waals surface area (Å²) in [4.78, 5) is 60.0. The van der Waals surface area contributed by atoms with Gasteiger partial charge in [0.2, 0.25) is 0 Å². The number of rotatable bonds is 10. The number of nitrogens with one attached hydrogen (secondary N) is 2. The molecule has 0 unspecified atom stereocenters. The van der Waals surface area contributed by atoms with Crippen LogP contribution >= 0.6 is 23.2 Å². The number of piperidine rings is 1. The van der Waals surface area contributed by atoms with Gasteiger partial charge in [-0.25, -0.2) is 28.7 Å². The van der Waals surface area contributed by atoms with Crippen molar-refractivity contribution in [1.29, 1.82) is 0 Å². The van der Waals surface area contributed by atoms with Gasteiger partial charge in [-0.3, -0.25) is 9.59 Å². The molecule has 7 N–H and O–H groups in total. The number of alkyl halides is 1. The number of amides is 3. The highest BCUT2D eigenvalue weighted by atomic mass is 35.5. The molecule has 1 fully saturated rings. The number of carbonyl (C=O) groups is 4. The number of hydrogen-bond donors (Lipinski definition) is 5. The summed E-state index contributed by atoms with van der Waals surface area (Å²) in [5.41, 5.74) is 12.2. The number of halogens is 2. The number of carboxylic acids is 1. The molecule has 18 heteroatoms. The molecule has 3 heterocycles. The van der Waals surface area contributed by atoms with Gasteiger partial charge in [0.05, 0.1) is 18.7 Å². The summed E-state index contributed by atoms with van der Waals surface area (Å²) in [6.07, 6.45) is 2.09. The molecule has 0 radical (unpaired) electrons. The highest BCUT2D eigenvalue weighted by Crippen LogP contribution is 2.28. The van der Waals surface area contributed by atoms with Crippen LogP contribution in [-0.4, -0.2) is 86.1 Å². The van der Waals surface area contributed by atoms with E-state index in [1.54, 1.807) is 37.8 Å². The van der Waals surface area contributed by atoms with Gasteiger partial charge < -0.3 is 41.6 Å². The Hall–Kier alpha value is -4.57. The maximum absolute atomic E-state index is 13.7. The quantitative estimate of drug-likeness (QED) is 0.151. The van der Waals surface area contributed by atoms with E-state index in [0.29, 0.717) is 55.9 Å². The van der Waals surface area contributed by atoms with Crippen molar-refractivity contribution in [3.63, 3.8) is 0 Å². The monoisotopic (exact) mass is 724 g/mol. The average molecular weight is 726 g/mol. The second kappa shape index (κ2) is 16.7. The van der Waals surface area contributed by atoms with Gasteiger partial charge in [0.15, 0.2) is 40.1 Å². The maximum Gasteiger partial charge on any atom is 0.410 e. The Kier molecular flexibility index (Phi) is 13.2. The minimum absolute atomic E-state index is 0.0430. The highest BCUT2D eigenvalue weighted by Gasteiger charge is 2.31. The van der Waals surface area contributed by atoms with Crippen LogP contribution < -0.4 is 31.4 Å². The van der Waals surface area contributed by atoms with E-state index in [1.165, 1.54) is 6.38 Å². The Balaban J connectivity index is 0.00000319. The lowest BCUT2D eigenvalue weighted by molar-refractivity contribution is -0.676. The van der Waals surface area contributed by atoms with E-state index in [4.69, 9.17) is 32.5 Å². The molecule has 1 saturated heterocycles. The van der Waals surface area contributed by atoms with Crippen LogP contribution in [0.3, 0.4) is 0 Å². The van der Waals surface area contributed by atoms with Crippen molar-refractivity contribution >= 4 is 69.7 Å². The number of carbonyl (C=O) groups excluding carboxylic acids is 3. The molecule has 1 aliphatic heterocycles. The number of imidazole rings is 1. The predicted octanol–water partition coefficient (Wildman–Crippen LogP) is 2.95. The zero-order valence-electron chi connectivity index (χ0n) is 28.4. The number of likely N-dealkylation sites (tertiary alicyclic amines) is 1. The molecule has 16 nitrogen and oxygen atoms in total. The molecule has 0 spiro atoms. The smallest absolute Gasteiger partial charge is 0.410 e. The second-order valence-electron chi connectivity index (χ2n) is 12.0. The number of carboxylic acid groups (broad SMARTS) is 1. The molecule has 4 rings (SSSR count). The summed E-state index contributed by atoms with van der Waals surface area (Å²) in [5, 5.41) is 15.0. The summed E-state index contributed by atoms with van der Waals surface area (Å²) in [7, 11) is 0. The third-order valence-corrected chi connectivity index (χ3v) is 7.80. The summed E-state index contributed by atoms with van der Waals surface area (Å²) < 4.78 is 14.9. The van der Waals surface area contributed by atoms with Crippen molar-refractivity contribution in [1.82, 2.24) is 30.1 Å². The zero-order valence-corrected chi connectivity index (χ0v) is 29.9. The minimum Gasteiger partial charge on any atom is -0.481 e. The Bertz CT molecular complexity index is 1700. The van der Waals surface area contributed by atoms with Crippen molar-refractivity contribution in [2.75, 3.05) is 37.5 Å². The van der Waals surface area contributed by atoms with Crippen LogP contribution in [0.25, 0.3) is 11.0 Å². The van der Waals surface area contributed by atoms with Crippen LogP contribution in [0.4, 0.5) is 16.4 Å². The van der Waals surface area contributed by atoms with E-state index in [0.717, 1.165) is 0 Å². The van der Waals surface area contributed by atoms with Crippen LogP contribution in [0.1, 0.15) is 74.1 Å². The lowest BCUT2D eigenvalue weighted by Gasteiger charge is -2.33. The summed E-state index contributed by atoms with van der Waals surface area (Å²) in [6.45, 7) is 10.4. The van der Waals surface area contributed by atoms with Crippen LogP contribution in [0, 0.1) is 0 Å². The van der Waals surface area contributed by atoms with Gasteiger partial charge in [-0.1, -0.05) is 11.6 Å². The minimum atomic E-state index is -1.20. The molecule has 2 aromatic heterocycles. The third kappa shape index (κ3) is 9.53. The number of nitrogen functional groups attached to an aromatic ring is 2. The standard InChI is InChI=1S/C30H40ClN9O7.CH3Cl/c1-6-39-18-12-17(27(43)35-16-8-10-38(11-9-16)29(45)47-30(3,4)5)20(46-15-22(41)42)13-19(18)40(7-2)21(39)14-34-28(44)23-25(32)37-26(33)24(31)36-23;1-2/h12-13,16H,6-11,14-15H2,1-5H3,(H6-,32,33,34,35,37,41,42,43,44);1H3/p+1. The molecule has 0 atom stereocenters. The van der Waals surface area contributed by atoms with Gasteiger partial charge in [0.1, 0.15) is 17.9 Å². The molecule has 0 bridgehead atoms. The number of fused-ring (bicyclic) bond motifs is 1. The van der Waals surface area contributed by atoms with Gasteiger partial charge in [-0.05, 0) is 47.5 Å². The lowest BCUT2D eigenvalue weighted by Crippen LogP contribution is -2.47. The summed E-state index contributed by atoms with van der Waals surface area (Å²) in [5.74, 6) is -1.75. The first-order valence-electron chi connectivity index (χ1n) is 15.6. The number of aliphatic carboxylic acids is 1. The molecule has 268 valence electrons. The number of nitrogens with two attached hydrogens (primary N) is 2. The zero-order chi connectivity index (χ0) is 36.6. The van der Waals surface area contributed by atoms with E-state index in [-0.39, 0.29) is 46.4 Å². The van der Waals surface area contributed by atoms with Crippen LogP contribution in [0.15, 0.2) is 12.1 Å². The maximum atomic E-state index is 13.7. The first-order chi connectivity index (χ1) is 23.1. The number of hydrogen-bond acceptors (Lipinski definition) is 10. The first-order valence-corrected chi connectivity index (χ1v) is 16.7. The summed E-state index contributed by atoms with van der Waals surface area (Å²) in [6, 6.07) is 3.05. The molecule has 3 amide bonds. The van der Waals surface area contributed by atoms with Gasteiger partial charge in [-0.15, -0.1) is 11.6 Å². The highest BCUT2D eigenvalue weighted by molar-refractivity contribution is 6.31. The normalized spacial score (nSPS) is 13.3. The molecule has 1 aliphatic rings. The molecular weight excluding hydrogens is 681 g/mol. The van der Waals surface area contributed by atoms with Crippen molar-refractivity contribution < 1.29 is 38.3 Å². The predicted molar refractivity (Wildman–Crippen MR) is 184 cm³/mol. The van der Waals surface area contributed by atoms with Gasteiger partial charge in [0.25, 0.3) is 17.6 Å². The fourth-order valence-electron chi connectivity index (χ4n) is 5.39. The van der Waals surface area contributed by atoms with Crippen molar-refractivity contribution in [2.24, 2.45) is 0 Å². The van der Waals surface area contributed by atoms with Gasteiger partial charge in [-0.2, -0.15) is 0 Å². The summed E-state index contributed by atoms with van der Waals surface area (Å²) >= 11 is 10.6. The molecule has 3 aromatic rings. The molecular formula is C31H44Cl2N9O7+. The third-order valence-electron chi connectivity index (χ3n) is 7.52. The van der Waals surface area contributed by atoms with Gasteiger partial charge >= 0.3 is 12.1 Å². The number of aryl methyl sites for hydroxylation is 2. The van der Waals surface area contributed by atoms with Crippen molar-refractivity contribution in [2.45, 2.75) is 78.7 Å². The van der Waals surface area contributed by atoms with Crippen molar-refractivity contribution in [3.05, 3.63) is 34.4 Å². The van der Waals surface area contributed by atoms with Crippen LogP contribution in [0.5, 0.6) is 5.75 Å². The van der Waals surface area contributed by atoms with Crippen LogP contribution in [-0.2, 0) is 29.2 Å². The number of aromatic nitrogens is 4. The van der Waals surface area contributed by atoms with E-state index in [1.807, 2.05) is 23.0 Å². The Morgan fingerprint density at radius 2 is 1.71 bits per heavy atom. The lowest BCUT2D eigenvalue weighted by atomic mass is 10.0. The Labute approximate surface area is 294 Å². The number of nitrogens with zero attached hydrogens (tertiary/aromatic N) is 5. The number of anilines is 2. The number of ether oxygens (including phenoxy) is 2. The van der Waals surface area contributed by atoms with Gasteiger partial charge in [0, 0.05) is 37.6 Å². The van der Waals surface area contributed by atoms with Crippen molar-refractivity contribution in [3.8, 4) is 5.75 Å². The first kappa shape index (κ1) is 38.9. The molecule has 0 saturated carbocycles. The van der Waals surface area contributed by atoms with E-state index >= 15 is 0 Å². The second-order valence-corrected chi connectivity index (χ2v) is 12.3. The largest absolute Gasteiger partial charge is 0.481 e. The Morgan fingerprint density at radius 1 is 1.06 bits per heavy atom. The van der Waals surface area contributed by atoms with E-state index < -0.39 is 36.1 Å². The number of benzene rings is 1. The molecule has 49 heavy (non-hydrogen) atoms. The SMILES string of the molecule is CCl.CCn1c(CNC(=O)c2nc(Cl)c(N)nc2N)[n+](CC)c2cc(OCC(=O)O)c(C(=O)NC3CCN(C(=O)OC(C)(C)C)CC3)cc21. The van der Waals surface area contributed by atoms with Crippen LogP contribution in [0.2, 0.25) is 5.15 Å². The molecule has 0 aliphatic carbocycles. The Morgan fingerprint density at radius 3 is 2.29 bits per heavy atom.